The quantitative estimate of drug-likeness (QED) is 0.816. The van der Waals surface area contributed by atoms with Crippen LogP contribution in [0.1, 0.15) is 63.6 Å². The van der Waals surface area contributed by atoms with Gasteiger partial charge in [0.1, 0.15) is 0 Å². The smallest absolute Gasteiger partial charge is 0.0320 e. The Kier molecular flexibility index (Phi) is 4.11. The van der Waals surface area contributed by atoms with E-state index in [0.717, 1.165) is 0 Å². The minimum absolute atomic E-state index is 0.518. The van der Waals surface area contributed by atoms with Crippen LogP contribution in [0.2, 0.25) is 0 Å². The molecule has 2 unspecified atom stereocenters. The fourth-order valence-corrected chi connectivity index (χ4v) is 3.11. The van der Waals surface area contributed by atoms with Crippen molar-refractivity contribution in [2.75, 3.05) is 0 Å². The zero-order chi connectivity index (χ0) is 13.2. The maximum absolute atomic E-state index is 3.86. The van der Waals surface area contributed by atoms with E-state index in [-0.39, 0.29) is 0 Å². The monoisotopic (exact) mass is 245 g/mol. The normalized spacial score (nSPS) is 24.1. The van der Waals surface area contributed by atoms with Crippen molar-refractivity contribution in [2.45, 2.75) is 65.5 Å². The minimum Gasteiger partial charge on any atom is -0.307 e. The molecule has 0 bridgehead atoms. The SMILES string of the molecule is CCC(NC1CCC(C)(C)C1)c1ccc(C)cc1. The highest BCUT2D eigenvalue weighted by molar-refractivity contribution is 5.24. The molecule has 2 atom stereocenters. The molecule has 2 rings (SSSR count). The van der Waals surface area contributed by atoms with Crippen LogP contribution in [0.15, 0.2) is 24.3 Å². The van der Waals surface area contributed by atoms with Crippen LogP contribution in [-0.4, -0.2) is 6.04 Å². The predicted molar refractivity (Wildman–Crippen MR) is 78.8 cm³/mol. The molecule has 1 aliphatic rings. The maximum Gasteiger partial charge on any atom is 0.0320 e. The van der Waals surface area contributed by atoms with Crippen LogP contribution in [0.4, 0.5) is 0 Å². The summed E-state index contributed by atoms with van der Waals surface area (Å²) in [7, 11) is 0. The van der Waals surface area contributed by atoms with E-state index in [0.29, 0.717) is 17.5 Å². The van der Waals surface area contributed by atoms with Gasteiger partial charge in [0.25, 0.3) is 0 Å². The summed E-state index contributed by atoms with van der Waals surface area (Å²) in [5, 5.41) is 3.86. The van der Waals surface area contributed by atoms with Crippen molar-refractivity contribution < 1.29 is 0 Å². The van der Waals surface area contributed by atoms with Gasteiger partial charge in [-0.15, -0.1) is 0 Å². The Morgan fingerprint density at radius 2 is 1.94 bits per heavy atom. The van der Waals surface area contributed by atoms with Crippen molar-refractivity contribution >= 4 is 0 Å². The molecule has 0 spiro atoms. The second-order valence-corrected chi connectivity index (χ2v) is 6.64. The Morgan fingerprint density at radius 1 is 1.28 bits per heavy atom. The zero-order valence-corrected chi connectivity index (χ0v) is 12.3. The van der Waals surface area contributed by atoms with Gasteiger partial charge in [-0.1, -0.05) is 50.6 Å². The number of rotatable bonds is 4. The van der Waals surface area contributed by atoms with Gasteiger partial charge in [-0.25, -0.2) is 0 Å². The standard InChI is InChI=1S/C17H27N/c1-5-16(14-8-6-13(2)7-9-14)18-15-10-11-17(3,4)12-15/h6-9,15-16,18H,5,10-12H2,1-4H3. The Balaban J connectivity index is 2.00. The second kappa shape index (κ2) is 5.44. The first kappa shape index (κ1) is 13.6. The highest BCUT2D eigenvalue weighted by Gasteiger charge is 2.31. The summed E-state index contributed by atoms with van der Waals surface area (Å²) in [6.07, 6.45) is 5.17. The molecule has 1 aromatic carbocycles. The minimum atomic E-state index is 0.518. The molecule has 1 heteroatoms. The molecule has 0 aliphatic heterocycles. The van der Waals surface area contributed by atoms with E-state index in [9.17, 15) is 0 Å². The first-order chi connectivity index (χ1) is 8.50. The summed E-state index contributed by atoms with van der Waals surface area (Å²) in [6, 6.07) is 10.2. The van der Waals surface area contributed by atoms with Gasteiger partial charge in [-0.05, 0) is 43.6 Å². The van der Waals surface area contributed by atoms with E-state index in [2.05, 4.69) is 57.3 Å². The molecule has 1 fully saturated rings. The summed E-state index contributed by atoms with van der Waals surface area (Å²) in [5.41, 5.74) is 3.31. The topological polar surface area (TPSA) is 12.0 Å². The lowest BCUT2D eigenvalue weighted by atomic mass is 9.91. The van der Waals surface area contributed by atoms with Crippen molar-refractivity contribution in [3.8, 4) is 0 Å². The molecule has 0 radical (unpaired) electrons. The average molecular weight is 245 g/mol. The molecule has 0 aromatic heterocycles. The van der Waals surface area contributed by atoms with Crippen LogP contribution in [0.5, 0.6) is 0 Å². The number of hydrogen-bond donors (Lipinski definition) is 1. The van der Waals surface area contributed by atoms with E-state index >= 15 is 0 Å². The summed E-state index contributed by atoms with van der Waals surface area (Å²) in [6.45, 7) is 9.21. The van der Waals surface area contributed by atoms with E-state index < -0.39 is 0 Å². The van der Waals surface area contributed by atoms with Crippen molar-refractivity contribution in [3.63, 3.8) is 0 Å². The first-order valence-corrected chi connectivity index (χ1v) is 7.33. The molecule has 18 heavy (non-hydrogen) atoms. The van der Waals surface area contributed by atoms with E-state index in [1.54, 1.807) is 0 Å². The largest absolute Gasteiger partial charge is 0.307 e. The van der Waals surface area contributed by atoms with Gasteiger partial charge >= 0.3 is 0 Å². The van der Waals surface area contributed by atoms with Gasteiger partial charge in [-0.3, -0.25) is 0 Å². The van der Waals surface area contributed by atoms with Crippen LogP contribution in [-0.2, 0) is 0 Å². The van der Waals surface area contributed by atoms with Crippen LogP contribution >= 0.6 is 0 Å². The molecule has 1 aliphatic carbocycles. The summed E-state index contributed by atoms with van der Waals surface area (Å²) in [4.78, 5) is 0. The molecular formula is C17H27N. The van der Waals surface area contributed by atoms with Gasteiger partial charge in [0.15, 0.2) is 0 Å². The maximum atomic E-state index is 3.86. The third-order valence-corrected chi connectivity index (χ3v) is 4.29. The fourth-order valence-electron chi connectivity index (χ4n) is 3.11. The number of nitrogens with one attached hydrogen (secondary N) is 1. The van der Waals surface area contributed by atoms with Crippen molar-refractivity contribution in [3.05, 3.63) is 35.4 Å². The van der Waals surface area contributed by atoms with Crippen LogP contribution in [0.25, 0.3) is 0 Å². The third-order valence-electron chi connectivity index (χ3n) is 4.29. The fraction of sp³-hybridized carbons (Fsp3) is 0.647. The highest BCUT2D eigenvalue weighted by Crippen LogP contribution is 2.38. The van der Waals surface area contributed by atoms with Crippen molar-refractivity contribution in [1.29, 1.82) is 0 Å². The van der Waals surface area contributed by atoms with E-state index in [4.69, 9.17) is 0 Å². The lowest BCUT2D eigenvalue weighted by Gasteiger charge is -2.24. The van der Waals surface area contributed by atoms with Crippen LogP contribution in [0, 0.1) is 12.3 Å². The summed E-state index contributed by atoms with van der Waals surface area (Å²) >= 11 is 0. The van der Waals surface area contributed by atoms with E-state index in [1.165, 1.54) is 36.8 Å². The highest BCUT2D eigenvalue weighted by atomic mass is 15.0. The van der Waals surface area contributed by atoms with Crippen molar-refractivity contribution in [1.82, 2.24) is 5.32 Å². The Labute approximate surface area is 112 Å². The Morgan fingerprint density at radius 3 is 2.44 bits per heavy atom. The van der Waals surface area contributed by atoms with Gasteiger partial charge in [-0.2, -0.15) is 0 Å². The number of hydrogen-bond acceptors (Lipinski definition) is 1. The van der Waals surface area contributed by atoms with Crippen LogP contribution in [0.3, 0.4) is 0 Å². The third kappa shape index (κ3) is 3.35. The molecule has 1 N–H and O–H groups in total. The molecule has 1 nitrogen and oxygen atoms in total. The summed E-state index contributed by atoms with van der Waals surface area (Å²) < 4.78 is 0. The second-order valence-electron chi connectivity index (χ2n) is 6.64. The van der Waals surface area contributed by atoms with Crippen LogP contribution < -0.4 is 5.32 Å². The summed E-state index contributed by atoms with van der Waals surface area (Å²) in [5.74, 6) is 0. The molecule has 1 saturated carbocycles. The lowest BCUT2D eigenvalue weighted by Crippen LogP contribution is -2.31. The van der Waals surface area contributed by atoms with Gasteiger partial charge < -0.3 is 5.32 Å². The molecule has 0 amide bonds. The lowest BCUT2D eigenvalue weighted by molar-refractivity contribution is 0.350. The number of benzene rings is 1. The molecular weight excluding hydrogens is 218 g/mol. The average Bonchev–Trinajstić information content (AvgIpc) is 2.67. The Bertz CT molecular complexity index is 377. The zero-order valence-electron chi connectivity index (χ0n) is 12.3. The van der Waals surface area contributed by atoms with Gasteiger partial charge in [0.2, 0.25) is 0 Å². The number of aryl methyl sites for hydroxylation is 1. The molecule has 0 heterocycles. The molecule has 1 aromatic rings. The Hall–Kier alpha value is -0.820. The van der Waals surface area contributed by atoms with Gasteiger partial charge in [0, 0.05) is 12.1 Å². The van der Waals surface area contributed by atoms with Crippen molar-refractivity contribution in [2.24, 2.45) is 5.41 Å². The molecule has 0 saturated heterocycles. The van der Waals surface area contributed by atoms with E-state index in [1.807, 2.05) is 0 Å². The molecule has 100 valence electrons. The predicted octanol–water partition coefficient (Wildman–Crippen LogP) is 4.61. The van der Waals surface area contributed by atoms with Gasteiger partial charge in [0.05, 0.1) is 0 Å². The first-order valence-electron chi connectivity index (χ1n) is 7.33.